The Morgan fingerprint density at radius 2 is 2.28 bits per heavy atom. The van der Waals surface area contributed by atoms with Gasteiger partial charge in [-0.1, -0.05) is 31.1 Å². The SMILES string of the molecule is CC(C)CCC(=O)N1CCC[C@@H](c2nc(-c3cccc(F)c3)no2)C1. The molecule has 0 radical (unpaired) electrons. The Kier molecular flexibility index (Phi) is 5.46. The molecule has 0 bridgehead atoms. The molecule has 1 amide bonds. The van der Waals surface area contributed by atoms with Crippen molar-refractivity contribution in [1.29, 1.82) is 0 Å². The first-order valence-corrected chi connectivity index (χ1v) is 8.90. The normalized spacial score (nSPS) is 17.9. The van der Waals surface area contributed by atoms with Gasteiger partial charge in [-0.15, -0.1) is 0 Å². The number of aromatic nitrogens is 2. The summed E-state index contributed by atoms with van der Waals surface area (Å²) in [5.74, 6) is 1.35. The van der Waals surface area contributed by atoms with E-state index >= 15 is 0 Å². The highest BCUT2D eigenvalue weighted by Gasteiger charge is 2.28. The minimum Gasteiger partial charge on any atom is -0.342 e. The van der Waals surface area contributed by atoms with Crippen LogP contribution in [0.5, 0.6) is 0 Å². The predicted molar refractivity (Wildman–Crippen MR) is 92.3 cm³/mol. The van der Waals surface area contributed by atoms with Gasteiger partial charge in [0, 0.05) is 25.1 Å². The van der Waals surface area contributed by atoms with Gasteiger partial charge in [0.2, 0.25) is 17.6 Å². The van der Waals surface area contributed by atoms with Gasteiger partial charge in [-0.3, -0.25) is 4.79 Å². The lowest BCUT2D eigenvalue weighted by atomic mass is 9.97. The molecule has 2 aromatic rings. The first-order chi connectivity index (χ1) is 12.0. The van der Waals surface area contributed by atoms with Crippen LogP contribution in [0.25, 0.3) is 11.4 Å². The molecule has 1 aromatic carbocycles. The van der Waals surface area contributed by atoms with Gasteiger partial charge in [0.05, 0.1) is 5.92 Å². The topological polar surface area (TPSA) is 59.2 Å². The standard InChI is InChI=1S/C19H24FN3O2/c1-13(2)8-9-17(24)23-10-4-6-15(12-23)19-21-18(22-25-19)14-5-3-7-16(20)11-14/h3,5,7,11,13,15H,4,6,8-10,12H2,1-2H3/t15-/m1/s1. The summed E-state index contributed by atoms with van der Waals surface area (Å²) < 4.78 is 18.8. The predicted octanol–water partition coefficient (Wildman–Crippen LogP) is 4.02. The molecule has 1 aliphatic heterocycles. The van der Waals surface area contributed by atoms with Gasteiger partial charge >= 0.3 is 0 Å². The van der Waals surface area contributed by atoms with Crippen molar-refractivity contribution in [3.05, 3.63) is 36.0 Å². The molecular formula is C19H24FN3O2. The lowest BCUT2D eigenvalue weighted by Crippen LogP contribution is -2.39. The van der Waals surface area contributed by atoms with E-state index in [2.05, 4.69) is 24.0 Å². The van der Waals surface area contributed by atoms with E-state index in [1.54, 1.807) is 12.1 Å². The van der Waals surface area contributed by atoms with E-state index < -0.39 is 0 Å². The van der Waals surface area contributed by atoms with Gasteiger partial charge in [-0.25, -0.2) is 4.39 Å². The maximum Gasteiger partial charge on any atom is 0.231 e. The molecule has 1 saturated heterocycles. The van der Waals surface area contributed by atoms with Crippen LogP contribution in [0.2, 0.25) is 0 Å². The summed E-state index contributed by atoms with van der Waals surface area (Å²) in [7, 11) is 0. The van der Waals surface area contributed by atoms with Crippen molar-refractivity contribution in [3.63, 3.8) is 0 Å². The number of carbonyl (C=O) groups excluding carboxylic acids is 1. The number of nitrogens with zero attached hydrogens (tertiary/aromatic N) is 3. The molecular weight excluding hydrogens is 321 g/mol. The summed E-state index contributed by atoms with van der Waals surface area (Å²) in [4.78, 5) is 18.7. The van der Waals surface area contributed by atoms with Crippen molar-refractivity contribution >= 4 is 5.91 Å². The zero-order valence-electron chi connectivity index (χ0n) is 14.7. The van der Waals surface area contributed by atoms with Gasteiger partial charge < -0.3 is 9.42 Å². The first-order valence-electron chi connectivity index (χ1n) is 8.90. The molecule has 3 rings (SSSR count). The van der Waals surface area contributed by atoms with Gasteiger partial charge in [-0.2, -0.15) is 4.98 Å². The van der Waals surface area contributed by atoms with Crippen LogP contribution in [0.4, 0.5) is 4.39 Å². The molecule has 0 saturated carbocycles. The Labute approximate surface area is 147 Å². The molecule has 0 spiro atoms. The third-order valence-electron chi connectivity index (χ3n) is 4.58. The van der Waals surface area contributed by atoms with Crippen LogP contribution in [-0.4, -0.2) is 34.0 Å². The second-order valence-electron chi connectivity index (χ2n) is 7.08. The molecule has 2 heterocycles. The highest BCUT2D eigenvalue weighted by atomic mass is 19.1. The summed E-state index contributed by atoms with van der Waals surface area (Å²) in [6.45, 7) is 5.65. The van der Waals surface area contributed by atoms with Crippen LogP contribution in [0, 0.1) is 11.7 Å². The van der Waals surface area contributed by atoms with E-state index in [1.807, 2.05) is 4.90 Å². The van der Waals surface area contributed by atoms with Crippen molar-refractivity contribution in [1.82, 2.24) is 15.0 Å². The molecule has 6 heteroatoms. The molecule has 1 atom stereocenters. The Bertz CT molecular complexity index is 729. The maximum atomic E-state index is 13.4. The molecule has 1 fully saturated rings. The largest absolute Gasteiger partial charge is 0.342 e. The second kappa shape index (κ2) is 7.76. The number of amides is 1. The fourth-order valence-electron chi connectivity index (χ4n) is 3.12. The first kappa shape index (κ1) is 17.6. The average molecular weight is 345 g/mol. The zero-order valence-corrected chi connectivity index (χ0v) is 14.7. The van der Waals surface area contributed by atoms with Crippen LogP contribution >= 0.6 is 0 Å². The van der Waals surface area contributed by atoms with Crippen LogP contribution in [-0.2, 0) is 4.79 Å². The Morgan fingerprint density at radius 1 is 1.44 bits per heavy atom. The maximum absolute atomic E-state index is 13.4. The highest BCUT2D eigenvalue weighted by molar-refractivity contribution is 5.76. The highest BCUT2D eigenvalue weighted by Crippen LogP contribution is 2.28. The molecule has 1 aliphatic rings. The van der Waals surface area contributed by atoms with Crippen LogP contribution in [0.3, 0.4) is 0 Å². The van der Waals surface area contributed by atoms with Gasteiger partial charge in [0.1, 0.15) is 5.82 Å². The lowest BCUT2D eigenvalue weighted by Gasteiger charge is -2.31. The Balaban J connectivity index is 1.67. The fraction of sp³-hybridized carbons (Fsp3) is 0.526. The van der Waals surface area contributed by atoms with Crippen molar-refractivity contribution in [2.45, 2.75) is 45.4 Å². The average Bonchev–Trinajstić information content (AvgIpc) is 3.10. The summed E-state index contributed by atoms with van der Waals surface area (Å²) in [6, 6.07) is 6.14. The van der Waals surface area contributed by atoms with E-state index in [0.29, 0.717) is 36.2 Å². The summed E-state index contributed by atoms with van der Waals surface area (Å²) in [5, 5.41) is 3.98. The van der Waals surface area contributed by atoms with E-state index in [9.17, 15) is 9.18 Å². The van der Waals surface area contributed by atoms with Crippen LogP contribution < -0.4 is 0 Å². The van der Waals surface area contributed by atoms with E-state index in [1.165, 1.54) is 12.1 Å². The smallest absolute Gasteiger partial charge is 0.231 e. The molecule has 1 aromatic heterocycles. The fourth-order valence-corrected chi connectivity index (χ4v) is 3.12. The van der Waals surface area contributed by atoms with Gasteiger partial charge in [0.25, 0.3) is 0 Å². The van der Waals surface area contributed by atoms with E-state index in [0.717, 1.165) is 25.8 Å². The zero-order chi connectivity index (χ0) is 17.8. The van der Waals surface area contributed by atoms with Crippen molar-refractivity contribution < 1.29 is 13.7 Å². The van der Waals surface area contributed by atoms with Crippen LogP contribution in [0.15, 0.2) is 28.8 Å². The summed E-state index contributed by atoms with van der Waals surface area (Å²) in [5.41, 5.74) is 0.593. The molecule has 25 heavy (non-hydrogen) atoms. The lowest BCUT2D eigenvalue weighted by molar-refractivity contribution is -0.132. The minimum atomic E-state index is -0.330. The monoisotopic (exact) mass is 345 g/mol. The van der Waals surface area contributed by atoms with Crippen molar-refractivity contribution in [2.24, 2.45) is 5.92 Å². The van der Waals surface area contributed by atoms with Crippen molar-refractivity contribution in [3.8, 4) is 11.4 Å². The van der Waals surface area contributed by atoms with Crippen LogP contribution in [0.1, 0.15) is 51.3 Å². The van der Waals surface area contributed by atoms with E-state index in [4.69, 9.17) is 4.52 Å². The molecule has 134 valence electrons. The number of hydrogen-bond acceptors (Lipinski definition) is 4. The Hall–Kier alpha value is -2.24. The second-order valence-corrected chi connectivity index (χ2v) is 7.08. The number of benzene rings is 1. The summed E-state index contributed by atoms with van der Waals surface area (Å²) >= 11 is 0. The quantitative estimate of drug-likeness (QED) is 0.821. The number of hydrogen-bond donors (Lipinski definition) is 0. The molecule has 0 unspecified atom stereocenters. The van der Waals surface area contributed by atoms with Gasteiger partial charge in [0.15, 0.2) is 0 Å². The van der Waals surface area contributed by atoms with Crippen molar-refractivity contribution in [2.75, 3.05) is 13.1 Å². The molecule has 0 aliphatic carbocycles. The summed E-state index contributed by atoms with van der Waals surface area (Å²) in [6.07, 6.45) is 3.33. The molecule has 0 N–H and O–H groups in total. The molecule has 5 nitrogen and oxygen atoms in total. The number of piperidine rings is 1. The number of halogens is 1. The third-order valence-corrected chi connectivity index (χ3v) is 4.58. The van der Waals surface area contributed by atoms with Gasteiger partial charge in [-0.05, 0) is 37.3 Å². The third kappa shape index (κ3) is 4.44. The number of carbonyl (C=O) groups is 1. The number of likely N-dealkylation sites (tertiary alicyclic amines) is 1. The minimum absolute atomic E-state index is 0.0477. The Morgan fingerprint density at radius 3 is 3.04 bits per heavy atom. The van der Waals surface area contributed by atoms with E-state index in [-0.39, 0.29) is 17.6 Å². The number of rotatable bonds is 5.